The smallest absolute Gasteiger partial charge is 0.282 e. The minimum atomic E-state index is -2.65. The molecule has 2 aliphatic heterocycles. The van der Waals surface area contributed by atoms with Gasteiger partial charge in [-0.3, -0.25) is 0 Å². The van der Waals surface area contributed by atoms with Crippen molar-refractivity contribution in [2.24, 2.45) is 0 Å². The van der Waals surface area contributed by atoms with Crippen LogP contribution in [0.1, 0.15) is 18.5 Å². The molecular formula is C18H19F2N7O. The Morgan fingerprint density at radius 1 is 1.21 bits per heavy atom. The van der Waals surface area contributed by atoms with Crippen molar-refractivity contribution < 1.29 is 13.5 Å². The first-order valence-electron chi connectivity index (χ1n) is 9.25. The summed E-state index contributed by atoms with van der Waals surface area (Å²) in [6, 6.07) is 4.87. The van der Waals surface area contributed by atoms with E-state index >= 15 is 0 Å². The predicted octanol–water partition coefficient (Wildman–Crippen LogP) is 1.69. The molecule has 1 N–H and O–H groups in total. The van der Waals surface area contributed by atoms with E-state index in [-0.39, 0.29) is 17.8 Å². The first-order valence-corrected chi connectivity index (χ1v) is 9.25. The van der Waals surface area contributed by atoms with E-state index in [1.165, 1.54) is 23.0 Å². The Morgan fingerprint density at radius 2 is 2.14 bits per heavy atom. The molecule has 3 aromatic heterocycles. The summed E-state index contributed by atoms with van der Waals surface area (Å²) in [5, 5.41) is 7.43. The highest BCUT2D eigenvalue weighted by atomic mass is 19.3. The summed E-state index contributed by atoms with van der Waals surface area (Å²) >= 11 is 0. The molecule has 2 atom stereocenters. The maximum absolute atomic E-state index is 13.1. The minimum Gasteiger partial charge on any atom is -0.374 e. The maximum Gasteiger partial charge on any atom is 0.282 e. The molecule has 10 heteroatoms. The monoisotopic (exact) mass is 387 g/mol. The fraction of sp³-hybridized carbons (Fsp3) is 0.444. The molecule has 0 aromatic carbocycles. The van der Waals surface area contributed by atoms with E-state index < -0.39 is 6.43 Å². The summed E-state index contributed by atoms with van der Waals surface area (Å²) in [4.78, 5) is 15.3. The number of nitrogens with zero attached hydrogens (tertiary/aromatic N) is 6. The quantitative estimate of drug-likeness (QED) is 0.733. The zero-order chi connectivity index (χ0) is 19.1. The molecule has 28 heavy (non-hydrogen) atoms. The SMILES string of the molecule is FC(F)c1ccc2ncc(-c3cc(N4CCOC5CCNCC54)ncn3)n2n1. The van der Waals surface area contributed by atoms with Crippen LogP contribution in [-0.4, -0.2) is 63.0 Å². The summed E-state index contributed by atoms with van der Waals surface area (Å²) in [5.41, 5.74) is 1.32. The van der Waals surface area contributed by atoms with Gasteiger partial charge >= 0.3 is 0 Å². The molecule has 0 saturated carbocycles. The topological polar surface area (TPSA) is 80.5 Å². The normalized spacial score (nSPS) is 22.6. The molecular weight excluding hydrogens is 368 g/mol. The van der Waals surface area contributed by atoms with Crippen LogP contribution in [0, 0.1) is 0 Å². The van der Waals surface area contributed by atoms with E-state index in [0.29, 0.717) is 23.6 Å². The highest BCUT2D eigenvalue weighted by Gasteiger charge is 2.35. The fourth-order valence-corrected chi connectivity index (χ4v) is 3.90. The summed E-state index contributed by atoms with van der Waals surface area (Å²) in [5.74, 6) is 0.784. The molecule has 0 spiro atoms. The molecule has 5 rings (SSSR count). The van der Waals surface area contributed by atoms with Gasteiger partial charge in [0.05, 0.1) is 30.6 Å². The van der Waals surface area contributed by atoms with Gasteiger partial charge in [-0.05, 0) is 25.1 Å². The maximum atomic E-state index is 13.1. The van der Waals surface area contributed by atoms with Gasteiger partial charge in [-0.2, -0.15) is 5.10 Å². The van der Waals surface area contributed by atoms with Crippen LogP contribution in [0.5, 0.6) is 0 Å². The van der Waals surface area contributed by atoms with Crippen LogP contribution in [0.2, 0.25) is 0 Å². The van der Waals surface area contributed by atoms with Crippen molar-refractivity contribution in [2.45, 2.75) is 25.0 Å². The van der Waals surface area contributed by atoms with Crippen molar-refractivity contribution in [2.75, 3.05) is 31.1 Å². The number of morpholine rings is 1. The molecule has 0 radical (unpaired) electrons. The van der Waals surface area contributed by atoms with Crippen molar-refractivity contribution in [3.8, 4) is 11.4 Å². The van der Waals surface area contributed by atoms with Crippen LogP contribution in [-0.2, 0) is 4.74 Å². The third-order valence-corrected chi connectivity index (χ3v) is 5.27. The number of aromatic nitrogens is 5. The first-order chi connectivity index (χ1) is 13.7. The van der Waals surface area contributed by atoms with Crippen molar-refractivity contribution in [1.29, 1.82) is 0 Å². The second-order valence-corrected chi connectivity index (χ2v) is 6.90. The highest BCUT2D eigenvalue weighted by molar-refractivity contribution is 5.62. The van der Waals surface area contributed by atoms with Gasteiger partial charge < -0.3 is 15.0 Å². The molecule has 2 aliphatic rings. The van der Waals surface area contributed by atoms with Gasteiger partial charge in [-0.1, -0.05) is 0 Å². The average Bonchev–Trinajstić information content (AvgIpc) is 3.16. The van der Waals surface area contributed by atoms with Gasteiger partial charge in [-0.15, -0.1) is 0 Å². The molecule has 2 saturated heterocycles. The van der Waals surface area contributed by atoms with Gasteiger partial charge in [0.2, 0.25) is 0 Å². The van der Waals surface area contributed by atoms with Crippen LogP contribution >= 0.6 is 0 Å². The van der Waals surface area contributed by atoms with Crippen LogP contribution in [0.3, 0.4) is 0 Å². The predicted molar refractivity (Wildman–Crippen MR) is 97.3 cm³/mol. The highest BCUT2D eigenvalue weighted by Crippen LogP contribution is 2.27. The number of nitrogens with one attached hydrogen (secondary N) is 1. The third kappa shape index (κ3) is 2.98. The van der Waals surface area contributed by atoms with E-state index in [4.69, 9.17) is 4.74 Å². The lowest BCUT2D eigenvalue weighted by Crippen LogP contribution is -2.59. The molecule has 0 amide bonds. The van der Waals surface area contributed by atoms with Crippen molar-refractivity contribution in [1.82, 2.24) is 29.9 Å². The number of fused-ring (bicyclic) bond motifs is 2. The second-order valence-electron chi connectivity index (χ2n) is 6.90. The Balaban J connectivity index is 1.52. The summed E-state index contributed by atoms with van der Waals surface area (Å²) in [6.07, 6.45) is 1.58. The fourth-order valence-electron chi connectivity index (χ4n) is 3.90. The second kappa shape index (κ2) is 7.02. The molecule has 8 nitrogen and oxygen atoms in total. The number of imidazole rings is 1. The number of piperidine rings is 1. The number of alkyl halides is 2. The third-order valence-electron chi connectivity index (χ3n) is 5.27. The lowest BCUT2D eigenvalue weighted by molar-refractivity contribution is -0.00372. The summed E-state index contributed by atoms with van der Waals surface area (Å²) in [6.45, 7) is 3.17. The van der Waals surface area contributed by atoms with Crippen LogP contribution in [0.25, 0.3) is 17.0 Å². The number of hydrogen-bond acceptors (Lipinski definition) is 7. The Bertz CT molecular complexity index is 993. The molecule has 2 unspecified atom stereocenters. The zero-order valence-corrected chi connectivity index (χ0v) is 15.0. The van der Waals surface area contributed by atoms with Gasteiger partial charge in [0.1, 0.15) is 23.5 Å². The summed E-state index contributed by atoms with van der Waals surface area (Å²) in [7, 11) is 0. The Hall–Kier alpha value is -2.72. The van der Waals surface area contributed by atoms with Gasteiger partial charge in [0.25, 0.3) is 6.43 Å². The standard InChI is InChI=1S/C18H19F2N7O/c19-18(20)11-1-2-16-22-9-13(27(16)25-11)12-7-17(24-10-23-12)26-5-6-28-15-3-4-21-8-14(15)26/h1-2,7,9-10,14-15,18,21H,3-6,8H2. The van der Waals surface area contributed by atoms with E-state index in [0.717, 1.165) is 31.9 Å². The number of anilines is 1. The van der Waals surface area contributed by atoms with Gasteiger partial charge in [-0.25, -0.2) is 28.2 Å². The molecule has 5 heterocycles. The number of rotatable bonds is 3. The van der Waals surface area contributed by atoms with Crippen molar-refractivity contribution >= 4 is 11.5 Å². The van der Waals surface area contributed by atoms with Gasteiger partial charge in [0, 0.05) is 19.2 Å². The molecule has 2 fully saturated rings. The number of hydrogen-bond donors (Lipinski definition) is 1. The van der Waals surface area contributed by atoms with Crippen molar-refractivity contribution in [3.05, 3.63) is 36.4 Å². The average molecular weight is 387 g/mol. The molecule has 0 aliphatic carbocycles. The van der Waals surface area contributed by atoms with E-state index in [2.05, 4.69) is 30.3 Å². The first kappa shape index (κ1) is 17.4. The number of halogens is 2. The molecule has 146 valence electrons. The Kier molecular flexibility index (Phi) is 4.36. The zero-order valence-electron chi connectivity index (χ0n) is 15.0. The lowest BCUT2D eigenvalue weighted by Gasteiger charge is -2.44. The minimum absolute atomic E-state index is 0.180. The van der Waals surface area contributed by atoms with Crippen molar-refractivity contribution in [3.63, 3.8) is 0 Å². The lowest BCUT2D eigenvalue weighted by atomic mass is 10.0. The Morgan fingerprint density at radius 3 is 3.04 bits per heavy atom. The van der Waals surface area contributed by atoms with E-state index in [9.17, 15) is 8.78 Å². The number of ether oxygens (including phenoxy) is 1. The summed E-state index contributed by atoms with van der Waals surface area (Å²) < 4.78 is 33.4. The van der Waals surface area contributed by atoms with Crippen LogP contribution in [0.4, 0.5) is 14.6 Å². The van der Waals surface area contributed by atoms with Gasteiger partial charge in [0.15, 0.2) is 5.65 Å². The molecule has 0 bridgehead atoms. The van der Waals surface area contributed by atoms with Crippen LogP contribution in [0.15, 0.2) is 30.7 Å². The Labute approximate surface area is 159 Å². The molecule has 3 aromatic rings. The van der Waals surface area contributed by atoms with E-state index in [1.807, 2.05) is 6.07 Å². The van der Waals surface area contributed by atoms with E-state index in [1.54, 1.807) is 6.20 Å². The van der Waals surface area contributed by atoms with Crippen LogP contribution < -0.4 is 10.2 Å². The largest absolute Gasteiger partial charge is 0.374 e.